The molecule has 8 heteroatoms. The molecule has 0 aliphatic carbocycles. The first-order chi connectivity index (χ1) is 9.01. The summed E-state index contributed by atoms with van der Waals surface area (Å²) in [5.74, 6) is 1.84. The van der Waals surface area contributed by atoms with E-state index >= 15 is 0 Å². The molecule has 0 atom stereocenters. The lowest BCUT2D eigenvalue weighted by molar-refractivity contribution is 0.579. The van der Waals surface area contributed by atoms with E-state index in [9.17, 15) is 13.2 Å². The van der Waals surface area contributed by atoms with Crippen LogP contribution in [0.4, 0.5) is 30.5 Å². The van der Waals surface area contributed by atoms with E-state index in [1.165, 1.54) is 12.1 Å². The van der Waals surface area contributed by atoms with Gasteiger partial charge in [-0.2, -0.15) is 0 Å². The molecular weight excluding hydrogens is 325 g/mol. The molecule has 0 unspecified atom stereocenters. The van der Waals surface area contributed by atoms with Crippen LogP contribution in [0.15, 0.2) is 28.7 Å². The zero-order chi connectivity index (χ0) is 14.0. The smallest absolute Gasteiger partial charge is 0.178 e. The highest BCUT2D eigenvalue weighted by Crippen LogP contribution is 2.25. The highest BCUT2D eigenvalue weighted by atomic mass is 79.9. The second-order valence-electron chi connectivity index (χ2n) is 3.54. The lowest BCUT2D eigenvalue weighted by Crippen LogP contribution is -2.12. The standard InChI is InChI=1S/C11H8BrF3N4/c12-5-1-2-9(6(13)3-5)17-10-7(14)4-8(15)11(18-10)19-16/h1-4H,16H2,(H2,17,18,19). The largest absolute Gasteiger partial charge is 0.335 e. The van der Waals surface area contributed by atoms with Crippen molar-refractivity contribution >= 4 is 33.3 Å². The number of nitrogen functional groups attached to an aromatic ring is 1. The molecule has 4 N–H and O–H groups in total. The van der Waals surface area contributed by atoms with E-state index in [-0.39, 0.29) is 17.3 Å². The molecule has 2 aromatic rings. The average Bonchev–Trinajstić information content (AvgIpc) is 2.35. The third-order valence-electron chi connectivity index (χ3n) is 2.25. The van der Waals surface area contributed by atoms with E-state index in [4.69, 9.17) is 5.84 Å². The van der Waals surface area contributed by atoms with Crippen molar-refractivity contribution in [3.8, 4) is 0 Å². The van der Waals surface area contributed by atoms with Gasteiger partial charge in [-0.15, -0.1) is 0 Å². The van der Waals surface area contributed by atoms with Gasteiger partial charge in [0.1, 0.15) is 5.82 Å². The van der Waals surface area contributed by atoms with Crippen molar-refractivity contribution in [1.82, 2.24) is 4.98 Å². The molecule has 0 amide bonds. The van der Waals surface area contributed by atoms with Gasteiger partial charge in [-0.05, 0) is 18.2 Å². The van der Waals surface area contributed by atoms with Gasteiger partial charge in [-0.25, -0.2) is 24.0 Å². The van der Waals surface area contributed by atoms with Crippen molar-refractivity contribution < 1.29 is 13.2 Å². The number of hydrazine groups is 1. The Bertz CT molecular complexity index is 621. The van der Waals surface area contributed by atoms with Crippen molar-refractivity contribution in [3.05, 3.63) is 46.2 Å². The van der Waals surface area contributed by atoms with Crippen LogP contribution in [0.2, 0.25) is 0 Å². The topological polar surface area (TPSA) is 63.0 Å². The molecule has 0 spiro atoms. The van der Waals surface area contributed by atoms with E-state index in [2.05, 4.69) is 26.2 Å². The Morgan fingerprint density at radius 2 is 1.68 bits per heavy atom. The predicted octanol–water partition coefficient (Wildman–Crippen LogP) is 3.29. The van der Waals surface area contributed by atoms with E-state index in [0.29, 0.717) is 10.5 Å². The first kappa shape index (κ1) is 13.6. The third kappa shape index (κ3) is 2.96. The molecule has 0 aliphatic rings. The lowest BCUT2D eigenvalue weighted by atomic mass is 10.3. The van der Waals surface area contributed by atoms with Gasteiger partial charge in [0, 0.05) is 10.5 Å². The number of rotatable bonds is 3. The predicted molar refractivity (Wildman–Crippen MR) is 69.3 cm³/mol. The Balaban J connectivity index is 2.37. The number of benzene rings is 1. The number of hydrogen-bond donors (Lipinski definition) is 3. The van der Waals surface area contributed by atoms with Crippen molar-refractivity contribution in [3.63, 3.8) is 0 Å². The van der Waals surface area contributed by atoms with Gasteiger partial charge in [0.25, 0.3) is 0 Å². The molecule has 1 aromatic carbocycles. The fraction of sp³-hybridized carbons (Fsp3) is 0. The number of nitrogens with zero attached hydrogens (tertiary/aromatic N) is 1. The van der Waals surface area contributed by atoms with Gasteiger partial charge in [0.15, 0.2) is 23.3 Å². The molecule has 1 aromatic heterocycles. The average molecular weight is 333 g/mol. The van der Waals surface area contributed by atoms with Crippen LogP contribution in [0.1, 0.15) is 0 Å². The van der Waals surface area contributed by atoms with Crippen molar-refractivity contribution in [2.75, 3.05) is 10.7 Å². The van der Waals surface area contributed by atoms with Crippen LogP contribution in [-0.4, -0.2) is 4.98 Å². The van der Waals surface area contributed by atoms with Gasteiger partial charge >= 0.3 is 0 Å². The fourth-order valence-corrected chi connectivity index (χ4v) is 1.71. The maximum Gasteiger partial charge on any atom is 0.178 e. The van der Waals surface area contributed by atoms with Gasteiger partial charge < -0.3 is 10.7 Å². The number of aromatic nitrogens is 1. The van der Waals surface area contributed by atoms with Crippen LogP contribution in [0.5, 0.6) is 0 Å². The van der Waals surface area contributed by atoms with Crippen molar-refractivity contribution in [1.29, 1.82) is 0 Å². The summed E-state index contributed by atoms with van der Waals surface area (Å²) in [5.41, 5.74) is 1.98. The molecule has 0 fully saturated rings. The maximum absolute atomic E-state index is 13.6. The number of hydrogen-bond acceptors (Lipinski definition) is 4. The Labute approximate surface area is 114 Å². The van der Waals surface area contributed by atoms with Gasteiger partial charge in [0.05, 0.1) is 5.69 Å². The number of nitrogens with two attached hydrogens (primary N) is 1. The van der Waals surface area contributed by atoms with E-state index in [1.54, 1.807) is 6.07 Å². The van der Waals surface area contributed by atoms with Crippen LogP contribution in [-0.2, 0) is 0 Å². The van der Waals surface area contributed by atoms with Crippen LogP contribution in [0.25, 0.3) is 0 Å². The Morgan fingerprint density at radius 1 is 1.00 bits per heavy atom. The summed E-state index contributed by atoms with van der Waals surface area (Å²) in [6.07, 6.45) is 0. The van der Waals surface area contributed by atoms with Crippen LogP contribution in [0.3, 0.4) is 0 Å². The van der Waals surface area contributed by atoms with E-state index in [0.717, 1.165) is 0 Å². The summed E-state index contributed by atoms with van der Waals surface area (Å²) in [4.78, 5) is 3.57. The van der Waals surface area contributed by atoms with Gasteiger partial charge in [-0.3, -0.25) is 0 Å². The van der Waals surface area contributed by atoms with Gasteiger partial charge in [0.2, 0.25) is 0 Å². The molecule has 2 rings (SSSR count). The number of nitrogens with one attached hydrogen (secondary N) is 2. The number of pyridine rings is 1. The Morgan fingerprint density at radius 3 is 2.32 bits per heavy atom. The summed E-state index contributed by atoms with van der Waals surface area (Å²) < 4.78 is 40.8. The third-order valence-corrected chi connectivity index (χ3v) is 2.74. The molecule has 4 nitrogen and oxygen atoms in total. The molecule has 0 aliphatic heterocycles. The number of anilines is 3. The van der Waals surface area contributed by atoms with Gasteiger partial charge in [-0.1, -0.05) is 15.9 Å². The summed E-state index contributed by atoms with van der Waals surface area (Å²) in [6.45, 7) is 0. The molecule has 19 heavy (non-hydrogen) atoms. The first-order valence-corrected chi connectivity index (χ1v) is 5.85. The zero-order valence-corrected chi connectivity index (χ0v) is 10.9. The second-order valence-corrected chi connectivity index (χ2v) is 4.46. The molecular formula is C11H8BrF3N4. The van der Waals surface area contributed by atoms with Crippen molar-refractivity contribution in [2.45, 2.75) is 0 Å². The van der Waals surface area contributed by atoms with E-state index in [1.807, 2.05) is 5.43 Å². The highest BCUT2D eigenvalue weighted by molar-refractivity contribution is 9.10. The minimum atomic E-state index is -0.959. The highest BCUT2D eigenvalue weighted by Gasteiger charge is 2.13. The fourth-order valence-electron chi connectivity index (χ4n) is 1.37. The van der Waals surface area contributed by atoms with Crippen LogP contribution < -0.4 is 16.6 Å². The molecule has 0 saturated heterocycles. The summed E-state index contributed by atoms with van der Waals surface area (Å²) in [6, 6.07) is 4.75. The molecule has 0 saturated carbocycles. The van der Waals surface area contributed by atoms with Crippen molar-refractivity contribution in [2.24, 2.45) is 5.84 Å². The maximum atomic E-state index is 13.6. The molecule has 1 heterocycles. The number of halogens is 4. The monoisotopic (exact) mass is 332 g/mol. The molecule has 100 valence electrons. The first-order valence-electron chi connectivity index (χ1n) is 5.06. The molecule has 0 radical (unpaired) electrons. The summed E-state index contributed by atoms with van der Waals surface area (Å²) >= 11 is 3.09. The minimum Gasteiger partial charge on any atom is -0.335 e. The Kier molecular flexibility index (Phi) is 3.91. The molecule has 0 bridgehead atoms. The quantitative estimate of drug-likeness (QED) is 0.596. The van der Waals surface area contributed by atoms with Crippen LogP contribution in [0, 0.1) is 17.5 Å². The SMILES string of the molecule is NNc1nc(Nc2ccc(Br)cc2F)c(F)cc1F. The summed E-state index contributed by atoms with van der Waals surface area (Å²) in [5, 5.41) is 2.43. The van der Waals surface area contributed by atoms with E-state index < -0.39 is 17.5 Å². The zero-order valence-electron chi connectivity index (χ0n) is 9.35. The minimum absolute atomic E-state index is 0.00387. The summed E-state index contributed by atoms with van der Waals surface area (Å²) in [7, 11) is 0. The second kappa shape index (κ2) is 5.45. The lowest BCUT2D eigenvalue weighted by Gasteiger charge is -2.10. The van der Waals surface area contributed by atoms with Crippen LogP contribution >= 0.6 is 15.9 Å². The Hall–Kier alpha value is -1.80. The normalized spacial score (nSPS) is 10.4.